The fourth-order valence-electron chi connectivity index (χ4n) is 7.45. The van der Waals surface area contributed by atoms with Crippen LogP contribution in [0.4, 0.5) is 0 Å². The summed E-state index contributed by atoms with van der Waals surface area (Å²) in [4.78, 5) is 14.4. The van der Waals surface area contributed by atoms with E-state index in [1.807, 2.05) is 66.7 Å². The van der Waals surface area contributed by atoms with Crippen LogP contribution in [-0.4, -0.2) is 19.5 Å². The number of para-hydroxylation sites is 3. The summed E-state index contributed by atoms with van der Waals surface area (Å²) in [5, 5.41) is 0.983. The van der Waals surface area contributed by atoms with Crippen LogP contribution in [0.3, 0.4) is 0 Å². The number of aromatic nitrogens is 4. The summed E-state index contributed by atoms with van der Waals surface area (Å²) >= 11 is 0. The highest BCUT2D eigenvalue weighted by Gasteiger charge is 2.20. The van der Waals surface area contributed by atoms with Gasteiger partial charge in [-0.1, -0.05) is 127 Å². The summed E-state index contributed by atoms with van der Waals surface area (Å²) < 4.78 is 131. The van der Waals surface area contributed by atoms with Crippen LogP contribution in [0.5, 0.6) is 0 Å². The normalized spacial score (nSPS) is 15.1. The predicted molar refractivity (Wildman–Crippen MR) is 230 cm³/mol. The van der Waals surface area contributed by atoms with Crippen molar-refractivity contribution in [1.82, 2.24) is 19.5 Å². The third-order valence-corrected chi connectivity index (χ3v) is 10.1. The largest absolute Gasteiger partial charge is 0.456 e. The lowest BCUT2D eigenvalue weighted by atomic mass is 10.0. The van der Waals surface area contributed by atoms with E-state index in [9.17, 15) is 4.11 Å². The van der Waals surface area contributed by atoms with Crippen molar-refractivity contribution in [2.75, 3.05) is 0 Å². The Morgan fingerprint density at radius 3 is 1.68 bits per heavy atom. The van der Waals surface area contributed by atoms with Gasteiger partial charge in [-0.3, -0.25) is 0 Å². The highest BCUT2D eigenvalue weighted by Crippen LogP contribution is 2.40. The van der Waals surface area contributed by atoms with Crippen LogP contribution in [0.25, 0.3) is 117 Å². The van der Waals surface area contributed by atoms with Gasteiger partial charge in [0.2, 0.25) is 0 Å². The van der Waals surface area contributed by atoms with Gasteiger partial charge in [0, 0.05) is 49.0 Å². The topological polar surface area (TPSA) is 69.9 Å². The number of hydrogen-bond donors (Lipinski definition) is 0. The van der Waals surface area contributed by atoms with Gasteiger partial charge in [-0.25, -0.2) is 15.0 Å². The van der Waals surface area contributed by atoms with E-state index in [-0.39, 0.29) is 72.5 Å². The van der Waals surface area contributed by atoms with Crippen LogP contribution in [-0.2, 0) is 0 Å². The Morgan fingerprint density at radius 1 is 0.404 bits per heavy atom. The second-order valence-electron chi connectivity index (χ2n) is 13.4. The molecule has 0 saturated heterocycles. The fraction of sp³-hybridized carbons (Fsp3) is 0. The molecule has 8 aromatic carbocycles. The molecule has 0 N–H and O–H groups in total. The number of furan rings is 2. The van der Waals surface area contributed by atoms with Crippen LogP contribution in [0.15, 0.2) is 191 Å². The average molecular weight is 744 g/mol. The van der Waals surface area contributed by atoms with E-state index in [1.54, 1.807) is 30.3 Å². The predicted octanol–water partition coefficient (Wildman–Crippen LogP) is 13.4. The van der Waals surface area contributed by atoms with E-state index in [1.165, 1.54) is 0 Å². The van der Waals surface area contributed by atoms with E-state index in [0.717, 1.165) is 32.5 Å². The van der Waals surface area contributed by atoms with Gasteiger partial charge >= 0.3 is 0 Å². The van der Waals surface area contributed by atoms with Crippen LogP contribution in [0.2, 0.25) is 0 Å². The minimum absolute atomic E-state index is 0.145. The molecular weight excluding hydrogens is 701 g/mol. The van der Waals surface area contributed by atoms with E-state index >= 15 is 0 Å². The maximum Gasteiger partial charge on any atom is 0.164 e. The van der Waals surface area contributed by atoms with Crippen molar-refractivity contribution in [3.8, 4) is 51.0 Å². The molecule has 0 atom stereocenters. The first kappa shape index (κ1) is 21.3. The molecule has 57 heavy (non-hydrogen) atoms. The van der Waals surface area contributed by atoms with Crippen molar-refractivity contribution in [2.45, 2.75) is 0 Å². The first-order chi connectivity index (χ1) is 33.6. The molecule has 0 amide bonds. The van der Waals surface area contributed by atoms with Crippen molar-refractivity contribution in [1.29, 1.82) is 0 Å². The third kappa shape index (κ3) is 5.01. The van der Waals surface area contributed by atoms with E-state index < -0.39 is 78.6 Å². The Labute approximate surface area is 344 Å². The first-order valence-electron chi connectivity index (χ1n) is 24.5. The average Bonchev–Trinajstić information content (AvgIpc) is 4.08. The van der Waals surface area contributed by atoms with Crippen molar-refractivity contribution in [2.24, 2.45) is 0 Å². The van der Waals surface area contributed by atoms with Crippen molar-refractivity contribution in [3.63, 3.8) is 0 Å². The molecule has 266 valence electrons. The Kier molecular flexibility index (Phi) is 4.62. The van der Waals surface area contributed by atoms with Crippen LogP contribution >= 0.6 is 0 Å². The zero-order valence-corrected chi connectivity index (χ0v) is 29.4. The molecule has 0 saturated carbocycles. The highest BCUT2D eigenvalue weighted by molar-refractivity contribution is 6.13. The SMILES string of the molecule is [2H]c1cc(-n2c3c([2H])c([2H])c([2H])c([2H])c3c3c([2H])c([2H])c([2H])c([2H])c32)c2oc3c([2H])c(-c4nc(-c5ccccc5)nc(-c5ccc6c(c5)oc5cc(-c7ccccc7)ccc56)n4)c([2H])c([2H])c3c2c1[2H]. The van der Waals surface area contributed by atoms with Crippen LogP contribution in [0, 0.1) is 0 Å². The molecule has 0 bridgehead atoms. The molecule has 12 aromatic rings. The Morgan fingerprint density at radius 2 is 0.982 bits per heavy atom. The van der Waals surface area contributed by atoms with Gasteiger partial charge in [0.25, 0.3) is 0 Å². The summed E-state index contributed by atoms with van der Waals surface area (Å²) in [5.74, 6) is 0.220. The van der Waals surface area contributed by atoms with Gasteiger partial charge in [0.1, 0.15) is 16.7 Å². The standard InChI is InChI=1S/C51H30N4O2/c1-3-12-31(13-4-1)33-22-25-38-39-26-23-34(29-46(39)56-45(38)28-33)50-52-49(32-14-5-2-6-15-32)53-51(54-50)35-24-27-40-41-18-11-21-44(48(41)57-47(40)30-35)55-42-19-9-7-16-36(42)37-17-8-10-20-43(37)55/h1-30H/i7D,8D,9D,10D,11D,16D,17D,18D,19D,20D,24D,27D,30D. The van der Waals surface area contributed by atoms with Gasteiger partial charge in [-0.05, 0) is 65.6 Å². The summed E-state index contributed by atoms with van der Waals surface area (Å²) in [6.45, 7) is 0. The Bertz CT molecular complexity index is 4210. The molecule has 0 radical (unpaired) electrons. The van der Waals surface area contributed by atoms with Crippen LogP contribution in [0.1, 0.15) is 17.8 Å². The van der Waals surface area contributed by atoms with Gasteiger partial charge in [-0.2, -0.15) is 0 Å². The summed E-state index contributed by atoms with van der Waals surface area (Å²) in [7, 11) is 0. The molecule has 6 heteroatoms. The monoisotopic (exact) mass is 743 g/mol. The van der Waals surface area contributed by atoms with E-state index in [0.29, 0.717) is 22.3 Å². The minimum atomic E-state index is -0.659. The van der Waals surface area contributed by atoms with Gasteiger partial charge in [0.05, 0.1) is 34.5 Å². The second-order valence-corrected chi connectivity index (χ2v) is 13.4. The van der Waals surface area contributed by atoms with Gasteiger partial charge in [-0.15, -0.1) is 0 Å². The number of hydrogen-bond acceptors (Lipinski definition) is 5. The lowest BCUT2D eigenvalue weighted by Crippen LogP contribution is -2.00. The molecule has 6 nitrogen and oxygen atoms in total. The van der Waals surface area contributed by atoms with E-state index in [4.69, 9.17) is 37.5 Å². The van der Waals surface area contributed by atoms with Crippen LogP contribution < -0.4 is 0 Å². The Balaban J connectivity index is 1.11. The minimum Gasteiger partial charge on any atom is -0.456 e. The van der Waals surface area contributed by atoms with Crippen molar-refractivity contribution >= 4 is 65.7 Å². The van der Waals surface area contributed by atoms with E-state index in [2.05, 4.69) is 0 Å². The zero-order chi connectivity index (χ0) is 48.8. The second kappa shape index (κ2) is 12.3. The van der Waals surface area contributed by atoms with Crippen molar-refractivity contribution < 1.29 is 26.7 Å². The maximum absolute atomic E-state index is 9.68. The molecule has 4 aromatic heterocycles. The molecule has 0 fully saturated rings. The molecule has 4 heterocycles. The zero-order valence-electron chi connectivity index (χ0n) is 42.4. The maximum atomic E-state index is 9.68. The quantitative estimate of drug-likeness (QED) is 0.176. The highest BCUT2D eigenvalue weighted by atomic mass is 16.3. The molecular formula is C51H30N4O2. The molecule has 0 aliphatic rings. The first-order valence-corrected chi connectivity index (χ1v) is 18.0. The molecule has 0 spiro atoms. The number of benzene rings is 8. The smallest absolute Gasteiger partial charge is 0.164 e. The van der Waals surface area contributed by atoms with Gasteiger partial charge < -0.3 is 13.4 Å². The molecule has 0 unspecified atom stereocenters. The summed E-state index contributed by atoms with van der Waals surface area (Å²) in [6, 6.07) is 24.5. The lowest BCUT2D eigenvalue weighted by molar-refractivity contribution is 0.666. The molecule has 0 aliphatic carbocycles. The third-order valence-electron chi connectivity index (χ3n) is 10.1. The van der Waals surface area contributed by atoms with Gasteiger partial charge in [0.15, 0.2) is 23.1 Å². The lowest BCUT2D eigenvalue weighted by Gasteiger charge is -2.08. The molecule has 12 rings (SSSR count). The fourth-order valence-corrected chi connectivity index (χ4v) is 7.45. The summed E-state index contributed by atoms with van der Waals surface area (Å²) in [6.07, 6.45) is 0. The van der Waals surface area contributed by atoms with Crippen molar-refractivity contribution in [3.05, 3.63) is 182 Å². The number of nitrogens with zero attached hydrogens (tertiary/aromatic N) is 4. The number of fused-ring (bicyclic) bond motifs is 9. The summed E-state index contributed by atoms with van der Waals surface area (Å²) in [5.41, 5.74) is 2.96. The Hall–Kier alpha value is -7.83. The number of rotatable bonds is 5. The molecule has 0 aliphatic heterocycles.